The molecule has 4 heteroatoms. The molecule has 24 heavy (non-hydrogen) atoms. The van der Waals surface area contributed by atoms with Crippen molar-refractivity contribution in [3.63, 3.8) is 0 Å². The van der Waals surface area contributed by atoms with Crippen LogP contribution in [0.1, 0.15) is 32.6 Å². The molecule has 3 rings (SSSR count). The molecule has 0 N–H and O–H groups in total. The number of fused-ring (bicyclic) bond motifs is 1. The van der Waals surface area contributed by atoms with E-state index in [2.05, 4.69) is 12.2 Å². The molecule has 1 aliphatic rings. The molecule has 0 saturated heterocycles. The van der Waals surface area contributed by atoms with E-state index >= 15 is 0 Å². The van der Waals surface area contributed by atoms with Crippen LogP contribution in [-0.4, -0.2) is 5.97 Å². The zero-order chi connectivity index (χ0) is 17.1. The summed E-state index contributed by atoms with van der Waals surface area (Å²) in [5.74, 6) is -1.20. The lowest BCUT2D eigenvalue weighted by molar-refractivity contribution is -0.140. The van der Waals surface area contributed by atoms with Crippen LogP contribution in [0.3, 0.4) is 0 Å². The van der Waals surface area contributed by atoms with Crippen LogP contribution in [0.4, 0.5) is 8.78 Å². The highest BCUT2D eigenvalue weighted by Crippen LogP contribution is 2.31. The predicted molar refractivity (Wildman–Crippen MR) is 89.8 cm³/mol. The van der Waals surface area contributed by atoms with Crippen molar-refractivity contribution in [2.75, 3.05) is 0 Å². The Hall–Kier alpha value is -2.23. The fourth-order valence-corrected chi connectivity index (χ4v) is 3.30. The highest BCUT2D eigenvalue weighted by Gasteiger charge is 2.26. The SMILES string of the molecule is C/C=C/C1CCC(C(=O)Oc2ccc3cc(F)c(F)cc3c2)CC1. The number of ether oxygens (including phenoxy) is 1. The van der Waals surface area contributed by atoms with Gasteiger partial charge in [0.2, 0.25) is 0 Å². The second-order valence-electron chi connectivity index (χ2n) is 6.33. The van der Waals surface area contributed by atoms with Crippen molar-refractivity contribution >= 4 is 16.7 Å². The fraction of sp³-hybridized carbons (Fsp3) is 0.350. The third-order valence-corrected chi connectivity index (χ3v) is 4.64. The Kier molecular flexibility index (Phi) is 4.93. The van der Waals surface area contributed by atoms with Gasteiger partial charge in [0.15, 0.2) is 11.6 Å². The van der Waals surface area contributed by atoms with Crippen molar-refractivity contribution in [1.82, 2.24) is 0 Å². The van der Waals surface area contributed by atoms with Gasteiger partial charge < -0.3 is 4.74 Å². The van der Waals surface area contributed by atoms with Crippen LogP contribution in [-0.2, 0) is 4.79 Å². The molecule has 0 spiro atoms. The molecule has 2 aromatic carbocycles. The van der Waals surface area contributed by atoms with Gasteiger partial charge in [0, 0.05) is 0 Å². The number of esters is 1. The van der Waals surface area contributed by atoms with Crippen LogP contribution in [0.5, 0.6) is 5.75 Å². The first-order valence-corrected chi connectivity index (χ1v) is 8.30. The van der Waals surface area contributed by atoms with E-state index < -0.39 is 11.6 Å². The van der Waals surface area contributed by atoms with Crippen molar-refractivity contribution in [2.45, 2.75) is 32.6 Å². The van der Waals surface area contributed by atoms with Gasteiger partial charge in [0.05, 0.1) is 5.92 Å². The molecular formula is C20H20F2O2. The predicted octanol–water partition coefficient (Wildman–Crippen LogP) is 5.41. The van der Waals surface area contributed by atoms with Gasteiger partial charge in [-0.25, -0.2) is 8.78 Å². The Morgan fingerprint density at radius 2 is 1.71 bits per heavy atom. The summed E-state index contributed by atoms with van der Waals surface area (Å²) in [6, 6.07) is 7.07. The molecule has 126 valence electrons. The first kappa shape index (κ1) is 16.6. The van der Waals surface area contributed by atoms with Crippen molar-refractivity contribution in [3.8, 4) is 5.75 Å². The minimum absolute atomic E-state index is 0.0906. The number of carbonyl (C=O) groups is 1. The zero-order valence-corrected chi connectivity index (χ0v) is 13.6. The Morgan fingerprint density at radius 1 is 1.04 bits per heavy atom. The molecule has 0 unspecified atom stereocenters. The molecule has 0 aliphatic heterocycles. The highest BCUT2D eigenvalue weighted by molar-refractivity contribution is 5.85. The molecule has 1 saturated carbocycles. The van der Waals surface area contributed by atoms with Crippen molar-refractivity contribution in [2.24, 2.45) is 11.8 Å². The maximum absolute atomic E-state index is 13.3. The summed E-state index contributed by atoms with van der Waals surface area (Å²) in [6.45, 7) is 2.01. The minimum atomic E-state index is -0.909. The number of carbonyl (C=O) groups excluding carboxylic acids is 1. The normalized spacial score (nSPS) is 21.3. The van der Waals surface area contributed by atoms with E-state index in [-0.39, 0.29) is 11.9 Å². The maximum atomic E-state index is 13.3. The van der Waals surface area contributed by atoms with E-state index in [4.69, 9.17) is 4.74 Å². The van der Waals surface area contributed by atoms with E-state index in [1.54, 1.807) is 18.2 Å². The van der Waals surface area contributed by atoms with E-state index in [0.29, 0.717) is 22.4 Å². The fourth-order valence-electron chi connectivity index (χ4n) is 3.30. The number of benzene rings is 2. The minimum Gasteiger partial charge on any atom is -0.426 e. The van der Waals surface area contributed by atoms with Gasteiger partial charge in [0.1, 0.15) is 5.75 Å². The van der Waals surface area contributed by atoms with Crippen LogP contribution in [0.15, 0.2) is 42.5 Å². The van der Waals surface area contributed by atoms with E-state index in [9.17, 15) is 13.6 Å². The topological polar surface area (TPSA) is 26.3 Å². The molecule has 2 nitrogen and oxygen atoms in total. The molecule has 1 aliphatic carbocycles. The van der Waals surface area contributed by atoms with Crippen molar-refractivity contribution in [3.05, 3.63) is 54.1 Å². The third kappa shape index (κ3) is 3.64. The summed E-state index contributed by atoms with van der Waals surface area (Å²) in [4.78, 5) is 12.3. The van der Waals surface area contributed by atoms with Gasteiger partial charge >= 0.3 is 5.97 Å². The van der Waals surface area contributed by atoms with E-state index in [1.807, 2.05) is 6.92 Å². The molecule has 2 aromatic rings. The summed E-state index contributed by atoms with van der Waals surface area (Å²) >= 11 is 0. The quantitative estimate of drug-likeness (QED) is 0.427. The van der Waals surface area contributed by atoms with Crippen LogP contribution < -0.4 is 4.74 Å². The molecular weight excluding hydrogens is 310 g/mol. The smallest absolute Gasteiger partial charge is 0.314 e. The molecule has 0 aromatic heterocycles. The summed E-state index contributed by atoms with van der Waals surface area (Å²) < 4.78 is 32.0. The van der Waals surface area contributed by atoms with Crippen molar-refractivity contribution < 1.29 is 18.3 Å². The molecule has 0 atom stereocenters. The summed E-state index contributed by atoms with van der Waals surface area (Å²) in [7, 11) is 0. The average molecular weight is 330 g/mol. The van der Waals surface area contributed by atoms with Gasteiger partial charge in [-0.05, 0) is 73.6 Å². The first-order valence-electron chi connectivity index (χ1n) is 8.30. The number of hydrogen-bond acceptors (Lipinski definition) is 2. The monoisotopic (exact) mass is 330 g/mol. The number of halogens is 2. The second kappa shape index (κ2) is 7.12. The molecule has 0 bridgehead atoms. The molecule has 0 amide bonds. The average Bonchev–Trinajstić information content (AvgIpc) is 2.57. The molecule has 0 heterocycles. The van der Waals surface area contributed by atoms with Crippen LogP contribution in [0, 0.1) is 23.5 Å². The van der Waals surface area contributed by atoms with Gasteiger partial charge in [0.25, 0.3) is 0 Å². The Balaban J connectivity index is 1.68. The molecule has 0 radical (unpaired) electrons. The zero-order valence-electron chi connectivity index (χ0n) is 13.6. The van der Waals surface area contributed by atoms with Crippen LogP contribution >= 0.6 is 0 Å². The summed E-state index contributed by atoms with van der Waals surface area (Å²) in [5.41, 5.74) is 0. The first-order chi connectivity index (χ1) is 11.6. The standard InChI is InChI=1S/C20H20F2O2/c1-2-3-13-4-6-14(7-5-13)20(23)24-17-9-8-15-11-18(21)19(22)12-16(15)10-17/h2-3,8-14H,4-7H2,1H3/b3-2+. The van der Waals surface area contributed by atoms with Crippen LogP contribution in [0.25, 0.3) is 10.8 Å². The Morgan fingerprint density at radius 3 is 2.38 bits per heavy atom. The lowest BCUT2D eigenvalue weighted by atomic mass is 9.82. The lowest BCUT2D eigenvalue weighted by Crippen LogP contribution is -2.25. The van der Waals surface area contributed by atoms with Crippen molar-refractivity contribution in [1.29, 1.82) is 0 Å². The summed E-state index contributed by atoms with van der Waals surface area (Å²) in [5, 5.41) is 1.08. The van der Waals surface area contributed by atoms with Gasteiger partial charge in [-0.1, -0.05) is 18.2 Å². The summed E-state index contributed by atoms with van der Waals surface area (Å²) in [6.07, 6.45) is 7.88. The number of allylic oxidation sites excluding steroid dienone is 2. The van der Waals surface area contributed by atoms with Gasteiger partial charge in [-0.3, -0.25) is 4.79 Å². The van der Waals surface area contributed by atoms with E-state index in [0.717, 1.165) is 37.8 Å². The van der Waals surface area contributed by atoms with Gasteiger partial charge in [-0.15, -0.1) is 0 Å². The lowest BCUT2D eigenvalue weighted by Gasteiger charge is -2.25. The highest BCUT2D eigenvalue weighted by atomic mass is 19.2. The largest absolute Gasteiger partial charge is 0.426 e. The molecule has 1 fully saturated rings. The van der Waals surface area contributed by atoms with Gasteiger partial charge in [-0.2, -0.15) is 0 Å². The maximum Gasteiger partial charge on any atom is 0.314 e. The van der Waals surface area contributed by atoms with E-state index in [1.165, 1.54) is 0 Å². The Labute approximate surface area is 140 Å². The number of hydrogen-bond donors (Lipinski definition) is 0. The second-order valence-corrected chi connectivity index (χ2v) is 6.33. The van der Waals surface area contributed by atoms with Crippen LogP contribution in [0.2, 0.25) is 0 Å². The number of rotatable bonds is 3. The Bertz CT molecular complexity index is 775. The third-order valence-electron chi connectivity index (χ3n) is 4.64.